The largest absolute Gasteiger partial charge is 0.492 e. The molecule has 3 aliphatic rings. The first-order valence-electron chi connectivity index (χ1n) is 13.7. The van der Waals surface area contributed by atoms with Crippen LogP contribution >= 0.6 is 0 Å². The van der Waals surface area contributed by atoms with Gasteiger partial charge in [0.2, 0.25) is 5.91 Å². The van der Waals surface area contributed by atoms with Crippen molar-refractivity contribution >= 4 is 30.9 Å². The molecule has 0 bridgehead atoms. The van der Waals surface area contributed by atoms with E-state index in [9.17, 15) is 9.59 Å². The average molecular weight is 536 g/mol. The lowest BCUT2D eigenvalue weighted by atomic mass is 9.77. The summed E-state index contributed by atoms with van der Waals surface area (Å²) in [5.74, 6) is -0.0294. The van der Waals surface area contributed by atoms with Crippen LogP contribution in [0.3, 0.4) is 0 Å². The molecule has 1 fully saturated rings. The van der Waals surface area contributed by atoms with Gasteiger partial charge in [-0.1, -0.05) is 60.7 Å². The van der Waals surface area contributed by atoms with E-state index in [0.29, 0.717) is 6.42 Å². The van der Waals surface area contributed by atoms with Gasteiger partial charge in [-0.25, -0.2) is 4.79 Å². The lowest BCUT2D eigenvalue weighted by Crippen LogP contribution is -2.41. The first-order valence-corrected chi connectivity index (χ1v) is 13.7. The van der Waals surface area contributed by atoms with Crippen molar-refractivity contribution in [2.24, 2.45) is 0 Å². The Balaban J connectivity index is 1.18. The van der Waals surface area contributed by atoms with Crippen LogP contribution in [0.25, 0.3) is 17.2 Å². The number of hydrogen-bond acceptors (Lipinski definition) is 5. The lowest BCUT2D eigenvalue weighted by Gasteiger charge is -2.32. The molecule has 0 spiro atoms. The smallest absolute Gasteiger partial charge is 0.449 e. The van der Waals surface area contributed by atoms with Gasteiger partial charge >= 0.3 is 13.2 Å². The zero-order valence-electron chi connectivity index (χ0n) is 23.2. The second kappa shape index (κ2) is 9.95. The number of ether oxygens (including phenoxy) is 1. The zero-order chi connectivity index (χ0) is 28.1. The number of carbonyl (C=O) groups excluding carboxylic acids is 2. The molecule has 0 radical (unpaired) electrons. The van der Waals surface area contributed by atoms with Crippen LogP contribution < -0.4 is 10.6 Å². The monoisotopic (exact) mass is 536 g/mol. The van der Waals surface area contributed by atoms with Gasteiger partial charge in [0.1, 0.15) is 6.61 Å². The molecule has 1 aliphatic carbocycles. The fourth-order valence-electron chi connectivity index (χ4n) is 5.57. The number of fused-ring (bicyclic) bond motifs is 4. The lowest BCUT2D eigenvalue weighted by molar-refractivity contribution is -0.115. The van der Waals surface area contributed by atoms with E-state index in [1.807, 2.05) is 76.2 Å². The van der Waals surface area contributed by atoms with Crippen LogP contribution in [0.5, 0.6) is 0 Å². The van der Waals surface area contributed by atoms with Gasteiger partial charge in [0.05, 0.1) is 17.6 Å². The molecule has 6 rings (SSSR count). The highest BCUT2D eigenvalue weighted by Crippen LogP contribution is 2.44. The Hall–Kier alpha value is -3.88. The van der Waals surface area contributed by atoms with Gasteiger partial charge in [0.25, 0.3) is 0 Å². The van der Waals surface area contributed by atoms with E-state index >= 15 is 0 Å². The molecule has 3 aromatic carbocycles. The molecule has 2 N–H and O–H groups in total. The van der Waals surface area contributed by atoms with Crippen molar-refractivity contribution in [3.63, 3.8) is 0 Å². The summed E-state index contributed by atoms with van der Waals surface area (Å²) < 4.78 is 18.4. The Labute approximate surface area is 235 Å². The minimum atomic E-state index is -0.646. The number of benzene rings is 3. The molecule has 40 heavy (non-hydrogen) atoms. The molecule has 1 saturated heterocycles. The van der Waals surface area contributed by atoms with E-state index in [1.165, 1.54) is 22.3 Å². The van der Waals surface area contributed by atoms with Crippen LogP contribution in [0.2, 0.25) is 0 Å². The van der Waals surface area contributed by atoms with Crippen molar-refractivity contribution in [2.45, 2.75) is 51.2 Å². The molecule has 3 aromatic rings. The highest BCUT2D eigenvalue weighted by molar-refractivity contribution is 6.56. The van der Waals surface area contributed by atoms with E-state index in [0.717, 1.165) is 22.3 Å². The van der Waals surface area contributed by atoms with E-state index < -0.39 is 24.4 Å². The van der Waals surface area contributed by atoms with Gasteiger partial charge in [0, 0.05) is 18.2 Å². The van der Waals surface area contributed by atoms with Gasteiger partial charge in [-0.15, -0.1) is 0 Å². The van der Waals surface area contributed by atoms with Crippen molar-refractivity contribution in [2.75, 3.05) is 18.5 Å². The minimum Gasteiger partial charge on any atom is -0.449 e. The first-order chi connectivity index (χ1) is 19.1. The highest BCUT2D eigenvalue weighted by atomic mass is 16.7. The normalized spacial score (nSPS) is 18.6. The number of hydrogen-bond donors (Lipinski definition) is 2. The molecular formula is C32H33BN2O5. The fourth-order valence-corrected chi connectivity index (χ4v) is 5.57. The van der Waals surface area contributed by atoms with Crippen LogP contribution in [0, 0.1) is 0 Å². The summed E-state index contributed by atoms with van der Waals surface area (Å²) in [6.45, 7) is 8.40. The van der Waals surface area contributed by atoms with Crippen molar-refractivity contribution in [3.05, 3.63) is 94.5 Å². The number of rotatable bonds is 6. The van der Waals surface area contributed by atoms with E-state index in [-0.39, 0.29) is 25.0 Å². The number of alkyl carbamates (subject to hydrolysis) is 1. The molecule has 0 saturated carbocycles. The summed E-state index contributed by atoms with van der Waals surface area (Å²) in [5, 5.41) is 5.77. The number of amides is 2. The third kappa shape index (κ3) is 4.82. The molecule has 2 aliphatic heterocycles. The second-order valence-electron chi connectivity index (χ2n) is 11.6. The maximum Gasteiger partial charge on any atom is 0.492 e. The third-order valence-electron chi connectivity index (χ3n) is 8.44. The standard InChI is InChI=1S/C32H33BN2O5/c1-31(2)32(3,4)40-33(39-31)22(16-20-13-14-28-21(15-20)17-29(36)35-28)18-34-30(37)38-19-27-25-11-7-5-9-23(25)24-10-6-8-12-26(24)27/h5-16,27H,17-19H2,1-4H3,(H,34,37)(H,35,36). The number of carbonyl (C=O) groups is 2. The average Bonchev–Trinajstić information content (AvgIpc) is 3.52. The van der Waals surface area contributed by atoms with Crippen molar-refractivity contribution in [3.8, 4) is 11.1 Å². The minimum absolute atomic E-state index is 0.0146. The number of anilines is 1. The maximum absolute atomic E-state index is 13.0. The summed E-state index contributed by atoms with van der Waals surface area (Å²) in [5.41, 5.74) is 7.06. The summed E-state index contributed by atoms with van der Waals surface area (Å²) >= 11 is 0. The Morgan fingerprint density at radius 3 is 2.27 bits per heavy atom. The summed E-state index contributed by atoms with van der Waals surface area (Å²) in [7, 11) is -0.646. The van der Waals surface area contributed by atoms with E-state index in [1.54, 1.807) is 0 Å². The fraction of sp³-hybridized carbons (Fsp3) is 0.312. The highest BCUT2D eigenvalue weighted by Gasteiger charge is 2.52. The predicted molar refractivity (Wildman–Crippen MR) is 156 cm³/mol. The zero-order valence-corrected chi connectivity index (χ0v) is 23.2. The second-order valence-corrected chi connectivity index (χ2v) is 11.6. The van der Waals surface area contributed by atoms with Crippen LogP contribution in [-0.2, 0) is 25.3 Å². The van der Waals surface area contributed by atoms with Gasteiger partial charge < -0.3 is 24.7 Å². The van der Waals surface area contributed by atoms with Gasteiger partial charge in [-0.2, -0.15) is 0 Å². The van der Waals surface area contributed by atoms with Gasteiger partial charge in [-0.3, -0.25) is 4.79 Å². The Bertz CT molecular complexity index is 1470. The van der Waals surface area contributed by atoms with Crippen molar-refractivity contribution < 1.29 is 23.6 Å². The topological polar surface area (TPSA) is 85.9 Å². The van der Waals surface area contributed by atoms with Crippen LogP contribution in [0.1, 0.15) is 55.9 Å². The molecule has 0 aromatic heterocycles. The van der Waals surface area contributed by atoms with Gasteiger partial charge in [-0.05, 0) is 78.7 Å². The molecule has 0 unspecified atom stereocenters. The maximum atomic E-state index is 13.0. The molecule has 0 atom stereocenters. The van der Waals surface area contributed by atoms with Gasteiger partial charge in [0.15, 0.2) is 0 Å². The van der Waals surface area contributed by atoms with E-state index in [2.05, 4.69) is 34.9 Å². The summed E-state index contributed by atoms with van der Waals surface area (Å²) in [6, 6.07) is 22.3. The van der Waals surface area contributed by atoms with Crippen LogP contribution in [0.4, 0.5) is 10.5 Å². The first kappa shape index (κ1) is 26.4. The summed E-state index contributed by atoms with van der Waals surface area (Å²) in [6.07, 6.45) is 1.79. The van der Waals surface area contributed by atoms with Crippen molar-refractivity contribution in [1.82, 2.24) is 5.32 Å². The molecule has 8 heteroatoms. The van der Waals surface area contributed by atoms with Crippen LogP contribution in [0.15, 0.2) is 72.2 Å². The Morgan fingerprint density at radius 1 is 1.00 bits per heavy atom. The molecule has 204 valence electrons. The Kier molecular flexibility index (Phi) is 6.55. The van der Waals surface area contributed by atoms with Crippen LogP contribution in [-0.4, -0.2) is 43.5 Å². The molecule has 7 nitrogen and oxygen atoms in total. The van der Waals surface area contributed by atoms with Crippen molar-refractivity contribution in [1.29, 1.82) is 0 Å². The summed E-state index contributed by atoms with van der Waals surface area (Å²) in [4.78, 5) is 24.8. The molecular weight excluding hydrogens is 503 g/mol. The SMILES string of the molecule is CC1(C)OB(C(=Cc2ccc3c(c2)CC(=O)N3)CNC(=O)OCC2c3ccccc3-c3ccccc32)OC1(C)C. The molecule has 2 amide bonds. The Morgan fingerprint density at radius 2 is 1.62 bits per heavy atom. The quantitative estimate of drug-likeness (QED) is 0.393. The predicted octanol–water partition coefficient (Wildman–Crippen LogP) is 5.73. The molecule has 2 heterocycles. The van der Waals surface area contributed by atoms with E-state index in [4.69, 9.17) is 14.0 Å². The number of nitrogens with one attached hydrogen (secondary N) is 2. The third-order valence-corrected chi connectivity index (χ3v) is 8.44.